The number of likely N-dealkylation sites (tertiary alicyclic amines) is 1. The lowest BCUT2D eigenvalue weighted by Gasteiger charge is -2.24. The third-order valence-corrected chi connectivity index (χ3v) is 3.86. The summed E-state index contributed by atoms with van der Waals surface area (Å²) in [5.41, 5.74) is 0. The van der Waals surface area contributed by atoms with Gasteiger partial charge in [-0.25, -0.2) is 9.97 Å². The second-order valence-electron chi connectivity index (χ2n) is 5.47. The Hall–Kier alpha value is -1.90. The maximum absolute atomic E-state index is 12.6. The Balaban J connectivity index is 1.66. The Bertz CT molecular complexity index is 591. The van der Waals surface area contributed by atoms with Gasteiger partial charge in [0, 0.05) is 18.4 Å². The topological polar surface area (TPSA) is 51.8 Å². The lowest BCUT2D eigenvalue weighted by atomic mass is 10.2. The Morgan fingerprint density at radius 2 is 2.18 bits per heavy atom. The first-order chi connectivity index (χ1) is 10.5. The molecule has 0 radical (unpaired) electrons. The molecular formula is C13H17F3N6. The zero-order valence-corrected chi connectivity index (χ0v) is 11.9. The van der Waals surface area contributed by atoms with Gasteiger partial charge < -0.3 is 4.57 Å². The van der Waals surface area contributed by atoms with Crippen molar-refractivity contribution in [1.82, 2.24) is 29.2 Å². The number of hydrogen-bond acceptors (Lipinski definition) is 4. The Morgan fingerprint density at radius 3 is 2.91 bits per heavy atom. The fraction of sp³-hybridized carbons (Fsp3) is 0.615. The molecule has 3 rings (SSSR count). The van der Waals surface area contributed by atoms with Crippen LogP contribution in [0.15, 0.2) is 25.0 Å². The fourth-order valence-corrected chi connectivity index (χ4v) is 2.86. The van der Waals surface area contributed by atoms with Crippen LogP contribution in [0, 0.1) is 0 Å². The summed E-state index contributed by atoms with van der Waals surface area (Å²) in [6.07, 6.45) is 3.73. The van der Waals surface area contributed by atoms with Crippen molar-refractivity contribution in [2.45, 2.75) is 44.7 Å². The van der Waals surface area contributed by atoms with Gasteiger partial charge in [-0.3, -0.25) is 9.58 Å². The van der Waals surface area contributed by atoms with Gasteiger partial charge in [0.2, 0.25) is 0 Å². The largest absolute Gasteiger partial charge is 0.406 e. The van der Waals surface area contributed by atoms with Crippen LogP contribution in [0.25, 0.3) is 0 Å². The van der Waals surface area contributed by atoms with Crippen molar-refractivity contribution in [2.75, 3.05) is 6.54 Å². The van der Waals surface area contributed by atoms with Crippen LogP contribution in [-0.2, 0) is 19.6 Å². The van der Waals surface area contributed by atoms with E-state index in [2.05, 4.69) is 20.0 Å². The Labute approximate surface area is 125 Å². The molecule has 2 aromatic rings. The molecule has 0 saturated carbocycles. The lowest BCUT2D eigenvalue weighted by Crippen LogP contribution is -2.34. The molecule has 120 valence electrons. The van der Waals surface area contributed by atoms with Crippen molar-refractivity contribution in [3.63, 3.8) is 0 Å². The lowest BCUT2D eigenvalue weighted by molar-refractivity contribution is -0.141. The maximum atomic E-state index is 12.6. The molecule has 9 heteroatoms. The number of hydrogen-bond donors (Lipinski definition) is 0. The highest BCUT2D eigenvalue weighted by atomic mass is 19.4. The zero-order valence-electron chi connectivity index (χ0n) is 11.9. The highest BCUT2D eigenvalue weighted by Crippen LogP contribution is 2.23. The van der Waals surface area contributed by atoms with Crippen molar-refractivity contribution in [1.29, 1.82) is 0 Å². The van der Waals surface area contributed by atoms with Crippen LogP contribution in [-0.4, -0.2) is 48.0 Å². The van der Waals surface area contributed by atoms with E-state index in [-0.39, 0.29) is 6.04 Å². The van der Waals surface area contributed by atoms with Gasteiger partial charge in [-0.2, -0.15) is 18.3 Å². The summed E-state index contributed by atoms with van der Waals surface area (Å²) in [4.78, 5) is 10.2. The van der Waals surface area contributed by atoms with E-state index in [1.165, 1.54) is 23.3 Å². The standard InChI is InChI=1S/C13H17F3N6/c14-13(15,16)8-21-5-3-18-12(21)7-20-4-1-2-11(20)6-22-10-17-9-19-22/h3,5,9-11H,1-2,4,6-8H2/t11-/m1/s1. The van der Waals surface area contributed by atoms with Gasteiger partial charge in [0.1, 0.15) is 25.0 Å². The molecule has 0 spiro atoms. The molecule has 0 amide bonds. The number of nitrogens with zero attached hydrogens (tertiary/aromatic N) is 6. The predicted molar refractivity (Wildman–Crippen MR) is 71.7 cm³/mol. The number of imidazole rings is 1. The third-order valence-electron chi connectivity index (χ3n) is 3.86. The molecular weight excluding hydrogens is 297 g/mol. The molecule has 0 aromatic carbocycles. The normalized spacial score (nSPS) is 19.9. The minimum absolute atomic E-state index is 0.248. The second-order valence-corrected chi connectivity index (χ2v) is 5.47. The summed E-state index contributed by atoms with van der Waals surface area (Å²) in [7, 11) is 0. The van der Waals surface area contributed by atoms with Crippen LogP contribution in [0.2, 0.25) is 0 Å². The van der Waals surface area contributed by atoms with E-state index < -0.39 is 12.7 Å². The average molecular weight is 314 g/mol. The number of halogens is 3. The van der Waals surface area contributed by atoms with Gasteiger partial charge >= 0.3 is 6.18 Å². The van der Waals surface area contributed by atoms with Crippen LogP contribution >= 0.6 is 0 Å². The number of alkyl halides is 3. The molecule has 0 bridgehead atoms. The minimum Gasteiger partial charge on any atom is -0.325 e. The van der Waals surface area contributed by atoms with Gasteiger partial charge in [0.15, 0.2) is 0 Å². The van der Waals surface area contributed by atoms with Crippen molar-refractivity contribution in [2.24, 2.45) is 0 Å². The van der Waals surface area contributed by atoms with Crippen molar-refractivity contribution in [3.8, 4) is 0 Å². The van der Waals surface area contributed by atoms with E-state index >= 15 is 0 Å². The van der Waals surface area contributed by atoms with Crippen molar-refractivity contribution >= 4 is 0 Å². The zero-order chi connectivity index (χ0) is 15.6. The molecule has 0 N–H and O–H groups in total. The van der Waals surface area contributed by atoms with Gasteiger partial charge in [-0.15, -0.1) is 0 Å². The summed E-state index contributed by atoms with van der Waals surface area (Å²) < 4.78 is 40.6. The molecule has 1 atom stereocenters. The molecule has 1 aliphatic rings. The van der Waals surface area contributed by atoms with E-state index in [1.807, 2.05) is 0 Å². The van der Waals surface area contributed by atoms with Crippen LogP contribution in [0.1, 0.15) is 18.7 Å². The Morgan fingerprint density at radius 1 is 1.32 bits per heavy atom. The SMILES string of the molecule is FC(F)(F)Cn1ccnc1CN1CCC[C@@H]1Cn1cncn1. The molecule has 3 heterocycles. The maximum Gasteiger partial charge on any atom is 0.406 e. The van der Waals surface area contributed by atoms with Gasteiger partial charge in [-0.05, 0) is 19.4 Å². The molecule has 0 aliphatic carbocycles. The van der Waals surface area contributed by atoms with Gasteiger partial charge in [-0.1, -0.05) is 0 Å². The quantitative estimate of drug-likeness (QED) is 0.843. The summed E-state index contributed by atoms with van der Waals surface area (Å²) in [5.74, 6) is 0.447. The molecule has 1 aliphatic heterocycles. The first-order valence-electron chi connectivity index (χ1n) is 7.14. The molecule has 1 fully saturated rings. The monoisotopic (exact) mass is 314 g/mol. The van der Waals surface area contributed by atoms with Crippen LogP contribution < -0.4 is 0 Å². The first-order valence-corrected chi connectivity index (χ1v) is 7.14. The van der Waals surface area contributed by atoms with Gasteiger partial charge in [0.05, 0.1) is 13.1 Å². The molecule has 0 unspecified atom stereocenters. The van der Waals surface area contributed by atoms with Gasteiger partial charge in [0.25, 0.3) is 0 Å². The van der Waals surface area contributed by atoms with Crippen molar-refractivity contribution < 1.29 is 13.2 Å². The molecule has 22 heavy (non-hydrogen) atoms. The van der Waals surface area contributed by atoms with E-state index in [1.54, 1.807) is 11.0 Å². The smallest absolute Gasteiger partial charge is 0.325 e. The number of rotatable bonds is 5. The van der Waals surface area contributed by atoms with E-state index in [0.717, 1.165) is 19.4 Å². The third kappa shape index (κ3) is 3.65. The summed E-state index contributed by atoms with van der Waals surface area (Å²) in [6.45, 7) is 0.977. The Kier molecular flexibility index (Phi) is 4.14. The van der Waals surface area contributed by atoms with Crippen LogP contribution in [0.4, 0.5) is 13.2 Å². The highest BCUT2D eigenvalue weighted by Gasteiger charge is 2.30. The predicted octanol–water partition coefficient (Wildman–Crippen LogP) is 1.70. The second kappa shape index (κ2) is 6.07. The summed E-state index contributed by atoms with van der Waals surface area (Å²) in [6, 6.07) is 0.248. The van der Waals surface area contributed by atoms with E-state index in [4.69, 9.17) is 0 Å². The molecule has 2 aromatic heterocycles. The van der Waals surface area contributed by atoms with Crippen molar-refractivity contribution in [3.05, 3.63) is 30.9 Å². The average Bonchev–Trinajstić information content (AvgIpc) is 3.14. The summed E-state index contributed by atoms with van der Waals surface area (Å²) >= 11 is 0. The molecule has 1 saturated heterocycles. The van der Waals surface area contributed by atoms with E-state index in [0.29, 0.717) is 18.9 Å². The van der Waals surface area contributed by atoms with Crippen LogP contribution in [0.3, 0.4) is 0 Å². The fourth-order valence-electron chi connectivity index (χ4n) is 2.86. The minimum atomic E-state index is -4.24. The van der Waals surface area contributed by atoms with Crippen LogP contribution in [0.5, 0.6) is 0 Å². The first kappa shape index (κ1) is 15.0. The molecule has 6 nitrogen and oxygen atoms in total. The van der Waals surface area contributed by atoms with E-state index in [9.17, 15) is 13.2 Å². The summed E-state index contributed by atoms with van der Waals surface area (Å²) in [5, 5.41) is 4.09. The number of aromatic nitrogens is 5. The highest BCUT2D eigenvalue weighted by molar-refractivity contribution is 4.95.